The molecule has 1 saturated carbocycles. The molecule has 5 nitrogen and oxygen atoms in total. The number of carbonyl (C=O) groups is 1. The quantitative estimate of drug-likeness (QED) is 0.590. The van der Waals surface area contributed by atoms with Gasteiger partial charge in [-0.2, -0.15) is 0 Å². The number of hydrogen-bond donors (Lipinski definition) is 2. The summed E-state index contributed by atoms with van der Waals surface area (Å²) >= 11 is 1.33. The van der Waals surface area contributed by atoms with Crippen LogP contribution < -0.4 is 9.46 Å². The van der Waals surface area contributed by atoms with E-state index in [9.17, 15) is 14.3 Å². The molecule has 2 atom stereocenters. The Balaban J connectivity index is 1.33. The highest BCUT2D eigenvalue weighted by atomic mass is 32.2. The van der Waals surface area contributed by atoms with Gasteiger partial charge in [-0.1, -0.05) is 6.07 Å². The fraction of sp³-hybridized carbons (Fsp3) is 0.435. The average Bonchev–Trinajstić information content (AvgIpc) is 3.48. The maximum absolute atomic E-state index is 13.8. The first-order chi connectivity index (χ1) is 14.6. The van der Waals surface area contributed by atoms with Gasteiger partial charge in [0.15, 0.2) is 0 Å². The molecule has 2 N–H and O–H groups in total. The van der Waals surface area contributed by atoms with Crippen molar-refractivity contribution in [3.63, 3.8) is 0 Å². The smallest absolute Gasteiger partial charge is 0.341 e. The first kappa shape index (κ1) is 19.7. The van der Waals surface area contributed by atoms with Gasteiger partial charge in [-0.15, -0.1) is 0 Å². The molecule has 0 amide bonds. The highest BCUT2D eigenvalue weighted by Gasteiger charge is 2.45. The topological polar surface area (TPSA) is 61.8 Å². The van der Waals surface area contributed by atoms with Gasteiger partial charge in [0.05, 0.1) is 12.3 Å². The molecule has 2 aromatic rings. The Bertz CT molecular complexity index is 979. The van der Waals surface area contributed by atoms with Crippen LogP contribution in [-0.4, -0.2) is 42.2 Å². The molecule has 158 valence electrons. The standard InChI is InChI=1S/C23H25FN2O3S/c24-16-4-7-20(14(11-16)3-1-8-26-9-2-10-26)30-25-19-6-5-17-18-12-15(18)13-29-22(17)21(19)23(27)28/h4-7,11,15,18,25H,1-3,8-10,12-13H2,(H,27,28). The summed E-state index contributed by atoms with van der Waals surface area (Å²) in [6.07, 6.45) is 4.11. The second kappa shape index (κ2) is 8.12. The zero-order chi connectivity index (χ0) is 20.7. The number of carboxylic acid groups (broad SMARTS) is 1. The van der Waals surface area contributed by atoms with Crippen LogP contribution in [0, 0.1) is 11.7 Å². The number of aromatic carboxylic acids is 1. The molecule has 1 aliphatic carbocycles. The second-order valence-corrected chi connectivity index (χ2v) is 9.23. The number of rotatable bonds is 8. The third-order valence-electron chi connectivity index (χ3n) is 6.33. The molecule has 2 aliphatic heterocycles. The fourth-order valence-electron chi connectivity index (χ4n) is 4.40. The predicted molar refractivity (Wildman–Crippen MR) is 115 cm³/mol. The molecule has 2 unspecified atom stereocenters. The summed E-state index contributed by atoms with van der Waals surface area (Å²) < 4.78 is 22.8. The summed E-state index contributed by atoms with van der Waals surface area (Å²) in [5, 5.41) is 9.82. The summed E-state index contributed by atoms with van der Waals surface area (Å²) in [6, 6.07) is 8.60. The number of hydrogen-bond acceptors (Lipinski definition) is 5. The Morgan fingerprint density at radius 2 is 2.17 bits per heavy atom. The Kier molecular flexibility index (Phi) is 5.33. The second-order valence-electron chi connectivity index (χ2n) is 8.38. The molecule has 2 heterocycles. The minimum atomic E-state index is -0.997. The number of anilines is 1. The lowest BCUT2D eigenvalue weighted by Crippen LogP contribution is -2.37. The van der Waals surface area contributed by atoms with Crippen LogP contribution >= 0.6 is 11.9 Å². The van der Waals surface area contributed by atoms with E-state index in [2.05, 4.69) is 9.62 Å². The molecule has 30 heavy (non-hydrogen) atoms. The number of ether oxygens (including phenoxy) is 1. The Morgan fingerprint density at radius 1 is 1.30 bits per heavy atom. The lowest BCUT2D eigenvalue weighted by atomic mass is 10.0. The molecular weight excluding hydrogens is 403 g/mol. The molecule has 0 aromatic heterocycles. The number of halogens is 1. The van der Waals surface area contributed by atoms with Gasteiger partial charge in [0.1, 0.15) is 17.1 Å². The molecule has 1 saturated heterocycles. The first-order valence-electron chi connectivity index (χ1n) is 10.6. The summed E-state index contributed by atoms with van der Waals surface area (Å²) in [5.41, 5.74) is 2.65. The minimum Gasteiger partial charge on any atom is -0.492 e. The van der Waals surface area contributed by atoms with E-state index in [0.717, 1.165) is 54.9 Å². The van der Waals surface area contributed by atoms with Crippen LogP contribution in [0.1, 0.15) is 46.7 Å². The molecular formula is C23H25FN2O3S. The van der Waals surface area contributed by atoms with Crippen LogP contribution in [0.25, 0.3) is 0 Å². The van der Waals surface area contributed by atoms with Crippen molar-refractivity contribution in [1.29, 1.82) is 0 Å². The lowest BCUT2D eigenvalue weighted by molar-refractivity contribution is 0.0692. The third kappa shape index (κ3) is 3.88. The first-order valence-corrected chi connectivity index (χ1v) is 11.4. The number of likely N-dealkylation sites (tertiary alicyclic amines) is 1. The van der Waals surface area contributed by atoms with Crippen LogP contribution in [0.5, 0.6) is 5.75 Å². The summed E-state index contributed by atoms with van der Waals surface area (Å²) in [6.45, 7) is 3.94. The van der Waals surface area contributed by atoms with Crippen LogP contribution in [0.15, 0.2) is 35.2 Å². The van der Waals surface area contributed by atoms with E-state index in [1.54, 1.807) is 12.1 Å². The Hall–Kier alpha value is -2.25. The van der Waals surface area contributed by atoms with Gasteiger partial charge >= 0.3 is 5.97 Å². The SMILES string of the molecule is O=C(O)c1c(NSc2ccc(F)cc2CCCN2CCC2)ccc2c1OCC1CC21. The van der Waals surface area contributed by atoms with E-state index in [1.165, 1.54) is 24.4 Å². The van der Waals surface area contributed by atoms with Crippen LogP contribution in [0.3, 0.4) is 0 Å². The molecule has 2 aromatic carbocycles. The van der Waals surface area contributed by atoms with Crippen molar-refractivity contribution in [3.05, 3.63) is 52.8 Å². The zero-order valence-corrected chi connectivity index (χ0v) is 17.5. The number of nitrogens with one attached hydrogen (secondary N) is 1. The van der Waals surface area contributed by atoms with Gasteiger partial charge in [0.25, 0.3) is 0 Å². The number of nitrogens with zero attached hydrogens (tertiary/aromatic N) is 1. The summed E-state index contributed by atoms with van der Waals surface area (Å²) in [7, 11) is 0. The molecule has 0 spiro atoms. The molecule has 0 bridgehead atoms. The predicted octanol–water partition coefficient (Wildman–Crippen LogP) is 4.78. The summed E-state index contributed by atoms with van der Waals surface area (Å²) in [4.78, 5) is 15.3. The monoisotopic (exact) mass is 428 g/mol. The summed E-state index contributed by atoms with van der Waals surface area (Å²) in [5.74, 6) is 0.225. The lowest BCUT2D eigenvalue weighted by Gasteiger charge is -2.30. The molecule has 7 heteroatoms. The molecule has 3 aliphatic rings. The maximum Gasteiger partial charge on any atom is 0.341 e. The van der Waals surface area contributed by atoms with E-state index < -0.39 is 5.97 Å². The fourth-order valence-corrected chi connectivity index (χ4v) is 5.22. The van der Waals surface area contributed by atoms with Crippen molar-refractivity contribution in [1.82, 2.24) is 4.90 Å². The largest absolute Gasteiger partial charge is 0.492 e. The number of carboxylic acids is 1. The van der Waals surface area contributed by atoms with E-state index in [0.29, 0.717) is 29.9 Å². The number of fused-ring (bicyclic) bond motifs is 3. The van der Waals surface area contributed by atoms with Crippen molar-refractivity contribution in [3.8, 4) is 5.75 Å². The maximum atomic E-state index is 13.8. The number of aryl methyl sites for hydroxylation is 1. The third-order valence-corrected chi connectivity index (χ3v) is 7.27. The molecule has 2 fully saturated rings. The van der Waals surface area contributed by atoms with Gasteiger partial charge < -0.3 is 19.5 Å². The highest BCUT2D eigenvalue weighted by molar-refractivity contribution is 8.00. The van der Waals surface area contributed by atoms with Gasteiger partial charge in [-0.3, -0.25) is 0 Å². The van der Waals surface area contributed by atoms with E-state index in [4.69, 9.17) is 4.74 Å². The average molecular weight is 429 g/mol. The number of benzene rings is 2. The zero-order valence-electron chi connectivity index (χ0n) is 16.7. The normalized spacial score (nSPS) is 21.8. The Labute approximate surface area is 179 Å². The van der Waals surface area contributed by atoms with Crippen molar-refractivity contribution in [2.24, 2.45) is 5.92 Å². The van der Waals surface area contributed by atoms with E-state index in [1.807, 2.05) is 12.1 Å². The Morgan fingerprint density at radius 3 is 2.93 bits per heavy atom. The van der Waals surface area contributed by atoms with Gasteiger partial charge in [0, 0.05) is 10.8 Å². The van der Waals surface area contributed by atoms with E-state index in [-0.39, 0.29) is 11.4 Å². The van der Waals surface area contributed by atoms with Crippen molar-refractivity contribution >= 4 is 23.6 Å². The van der Waals surface area contributed by atoms with Gasteiger partial charge in [-0.25, -0.2) is 9.18 Å². The molecule has 5 rings (SSSR count). The van der Waals surface area contributed by atoms with Crippen LogP contribution in [-0.2, 0) is 6.42 Å². The van der Waals surface area contributed by atoms with Gasteiger partial charge in [0.2, 0.25) is 0 Å². The van der Waals surface area contributed by atoms with Crippen molar-refractivity contribution in [2.75, 3.05) is 31.0 Å². The highest BCUT2D eigenvalue weighted by Crippen LogP contribution is 2.55. The van der Waals surface area contributed by atoms with Crippen LogP contribution in [0.4, 0.5) is 10.1 Å². The van der Waals surface area contributed by atoms with Crippen molar-refractivity contribution in [2.45, 2.75) is 36.5 Å². The van der Waals surface area contributed by atoms with Crippen LogP contribution in [0.2, 0.25) is 0 Å². The van der Waals surface area contributed by atoms with Gasteiger partial charge in [-0.05, 0) is 98.6 Å². The molecule has 0 radical (unpaired) electrons. The van der Waals surface area contributed by atoms with Crippen molar-refractivity contribution < 1.29 is 19.0 Å². The minimum absolute atomic E-state index is 0.187. The van der Waals surface area contributed by atoms with E-state index >= 15 is 0 Å².